The predicted molar refractivity (Wildman–Crippen MR) is 49.9 cm³/mol. The Morgan fingerprint density at radius 1 is 1.46 bits per heavy atom. The molecule has 13 heavy (non-hydrogen) atoms. The van der Waals surface area contributed by atoms with E-state index in [9.17, 15) is 4.79 Å². The van der Waals surface area contributed by atoms with Crippen LogP contribution in [0.3, 0.4) is 0 Å². The monoisotopic (exact) mass is 179 g/mol. The number of carboxylic acids is 1. The van der Waals surface area contributed by atoms with Gasteiger partial charge in [-0.15, -0.1) is 0 Å². The molecule has 0 unspecified atom stereocenters. The van der Waals surface area contributed by atoms with Gasteiger partial charge in [0.2, 0.25) is 0 Å². The minimum Gasteiger partial charge on any atom is -0.478 e. The van der Waals surface area contributed by atoms with Crippen LogP contribution < -0.4 is 0 Å². The molecule has 0 saturated heterocycles. The Bertz CT molecular complexity index is 326. The molecule has 0 aliphatic rings. The maximum Gasteiger partial charge on any atom is 0.336 e. The average Bonchev–Trinajstić information content (AvgIpc) is 2.03. The zero-order chi connectivity index (χ0) is 10.1. The zero-order valence-corrected chi connectivity index (χ0v) is 8.03. The molecule has 1 aromatic heterocycles. The van der Waals surface area contributed by atoms with Crippen LogP contribution in [0.15, 0.2) is 18.5 Å². The number of carbonyl (C=O) groups is 1. The fraction of sp³-hybridized carbons (Fsp3) is 0.400. The van der Waals surface area contributed by atoms with Gasteiger partial charge in [-0.1, -0.05) is 20.8 Å². The first-order valence-electron chi connectivity index (χ1n) is 4.10. The quantitative estimate of drug-likeness (QED) is 0.718. The maximum absolute atomic E-state index is 10.8. The van der Waals surface area contributed by atoms with E-state index in [1.807, 2.05) is 20.8 Å². The minimum absolute atomic E-state index is 0.179. The van der Waals surface area contributed by atoms with E-state index < -0.39 is 5.97 Å². The molecule has 1 aromatic rings. The van der Waals surface area contributed by atoms with Crippen molar-refractivity contribution in [2.45, 2.75) is 26.2 Å². The number of hydrogen-bond acceptors (Lipinski definition) is 2. The number of aromatic nitrogens is 1. The van der Waals surface area contributed by atoms with Crippen molar-refractivity contribution >= 4 is 5.97 Å². The Labute approximate surface area is 77.4 Å². The first-order valence-corrected chi connectivity index (χ1v) is 4.10. The van der Waals surface area contributed by atoms with Crippen LogP contribution in [0.2, 0.25) is 0 Å². The van der Waals surface area contributed by atoms with Gasteiger partial charge in [0.1, 0.15) is 0 Å². The van der Waals surface area contributed by atoms with Crippen LogP contribution in [0, 0.1) is 0 Å². The van der Waals surface area contributed by atoms with E-state index in [1.165, 1.54) is 12.3 Å². The van der Waals surface area contributed by atoms with E-state index in [0.29, 0.717) is 5.56 Å². The van der Waals surface area contributed by atoms with Gasteiger partial charge in [0, 0.05) is 12.4 Å². The minimum atomic E-state index is -0.896. The lowest BCUT2D eigenvalue weighted by molar-refractivity contribution is 0.0694. The molecule has 0 saturated carbocycles. The van der Waals surface area contributed by atoms with Gasteiger partial charge >= 0.3 is 5.97 Å². The summed E-state index contributed by atoms with van der Waals surface area (Å²) in [4.78, 5) is 14.8. The van der Waals surface area contributed by atoms with Crippen LogP contribution in [0.1, 0.15) is 36.7 Å². The fourth-order valence-corrected chi connectivity index (χ4v) is 1.18. The molecule has 0 aromatic carbocycles. The first-order chi connectivity index (χ1) is 5.93. The second kappa shape index (κ2) is 3.17. The molecule has 0 amide bonds. The Kier molecular flexibility index (Phi) is 2.36. The number of carboxylic acid groups (broad SMARTS) is 1. The van der Waals surface area contributed by atoms with Gasteiger partial charge in [-0.25, -0.2) is 4.79 Å². The lowest BCUT2D eigenvalue weighted by Crippen LogP contribution is -2.17. The second-order valence-electron chi connectivity index (χ2n) is 3.98. The summed E-state index contributed by atoms with van der Waals surface area (Å²) in [5.74, 6) is -0.896. The summed E-state index contributed by atoms with van der Waals surface area (Å²) in [6.07, 6.45) is 3.11. The standard InChI is InChI=1S/C10H13NO2/c1-10(2,3)8-6-11-5-4-7(8)9(12)13/h4-6H,1-3H3,(H,12,13). The molecule has 0 fully saturated rings. The van der Waals surface area contributed by atoms with Crippen LogP contribution >= 0.6 is 0 Å². The Morgan fingerprint density at radius 3 is 2.46 bits per heavy atom. The molecule has 1 heterocycles. The van der Waals surface area contributed by atoms with E-state index >= 15 is 0 Å². The highest BCUT2D eigenvalue weighted by Gasteiger charge is 2.20. The van der Waals surface area contributed by atoms with Gasteiger partial charge < -0.3 is 5.11 Å². The van der Waals surface area contributed by atoms with Crippen molar-refractivity contribution < 1.29 is 9.90 Å². The Hall–Kier alpha value is -1.38. The van der Waals surface area contributed by atoms with Crippen molar-refractivity contribution in [1.29, 1.82) is 0 Å². The van der Waals surface area contributed by atoms with E-state index in [1.54, 1.807) is 6.20 Å². The summed E-state index contributed by atoms with van der Waals surface area (Å²) >= 11 is 0. The Morgan fingerprint density at radius 2 is 2.08 bits per heavy atom. The maximum atomic E-state index is 10.8. The molecular weight excluding hydrogens is 166 g/mol. The normalized spacial score (nSPS) is 11.3. The summed E-state index contributed by atoms with van der Waals surface area (Å²) < 4.78 is 0. The molecule has 0 radical (unpaired) electrons. The molecule has 0 atom stereocenters. The highest BCUT2D eigenvalue weighted by atomic mass is 16.4. The van der Waals surface area contributed by atoms with Crippen molar-refractivity contribution in [2.24, 2.45) is 0 Å². The van der Waals surface area contributed by atoms with Gasteiger partial charge in [0.05, 0.1) is 5.56 Å². The number of rotatable bonds is 1. The lowest BCUT2D eigenvalue weighted by atomic mass is 9.85. The SMILES string of the molecule is CC(C)(C)c1cnccc1C(=O)O. The molecule has 70 valence electrons. The highest BCUT2D eigenvalue weighted by Crippen LogP contribution is 2.24. The smallest absolute Gasteiger partial charge is 0.336 e. The summed E-state index contributed by atoms with van der Waals surface area (Å²) in [7, 11) is 0. The van der Waals surface area contributed by atoms with Crippen LogP contribution in [-0.4, -0.2) is 16.1 Å². The van der Waals surface area contributed by atoms with Crippen molar-refractivity contribution in [3.05, 3.63) is 29.6 Å². The first kappa shape index (κ1) is 9.71. The predicted octanol–water partition coefficient (Wildman–Crippen LogP) is 2.08. The van der Waals surface area contributed by atoms with Crippen molar-refractivity contribution in [3.63, 3.8) is 0 Å². The highest BCUT2D eigenvalue weighted by molar-refractivity contribution is 5.89. The fourth-order valence-electron chi connectivity index (χ4n) is 1.18. The summed E-state index contributed by atoms with van der Waals surface area (Å²) in [6, 6.07) is 1.53. The summed E-state index contributed by atoms with van der Waals surface area (Å²) in [5.41, 5.74) is 0.923. The van der Waals surface area contributed by atoms with E-state index in [0.717, 1.165) is 5.56 Å². The van der Waals surface area contributed by atoms with Crippen LogP contribution in [0.5, 0.6) is 0 Å². The zero-order valence-electron chi connectivity index (χ0n) is 8.03. The number of hydrogen-bond donors (Lipinski definition) is 1. The topological polar surface area (TPSA) is 50.2 Å². The van der Waals surface area contributed by atoms with Crippen LogP contribution in [-0.2, 0) is 5.41 Å². The number of aromatic carboxylic acids is 1. The third-order valence-electron chi connectivity index (χ3n) is 1.86. The van der Waals surface area contributed by atoms with Crippen LogP contribution in [0.4, 0.5) is 0 Å². The molecular formula is C10H13NO2. The molecule has 0 aliphatic carbocycles. The van der Waals surface area contributed by atoms with E-state index in [4.69, 9.17) is 5.11 Å². The largest absolute Gasteiger partial charge is 0.478 e. The molecule has 0 spiro atoms. The van der Waals surface area contributed by atoms with Gasteiger partial charge in [0.15, 0.2) is 0 Å². The number of nitrogens with zero attached hydrogens (tertiary/aromatic N) is 1. The van der Waals surface area contributed by atoms with Gasteiger partial charge in [-0.3, -0.25) is 4.98 Å². The lowest BCUT2D eigenvalue weighted by Gasteiger charge is -2.20. The van der Waals surface area contributed by atoms with Gasteiger partial charge in [0.25, 0.3) is 0 Å². The molecule has 1 N–H and O–H groups in total. The van der Waals surface area contributed by atoms with Gasteiger partial charge in [-0.2, -0.15) is 0 Å². The summed E-state index contributed by atoms with van der Waals surface area (Å²) in [5, 5.41) is 8.90. The average molecular weight is 179 g/mol. The molecule has 0 aliphatic heterocycles. The number of pyridine rings is 1. The summed E-state index contributed by atoms with van der Waals surface area (Å²) in [6.45, 7) is 5.91. The molecule has 1 rings (SSSR count). The second-order valence-corrected chi connectivity index (χ2v) is 3.98. The third-order valence-corrected chi connectivity index (χ3v) is 1.86. The van der Waals surface area contributed by atoms with Crippen molar-refractivity contribution in [2.75, 3.05) is 0 Å². The van der Waals surface area contributed by atoms with Crippen molar-refractivity contribution in [3.8, 4) is 0 Å². The van der Waals surface area contributed by atoms with E-state index in [2.05, 4.69) is 4.98 Å². The van der Waals surface area contributed by atoms with Crippen molar-refractivity contribution in [1.82, 2.24) is 4.98 Å². The third kappa shape index (κ3) is 2.05. The van der Waals surface area contributed by atoms with Gasteiger partial charge in [-0.05, 0) is 17.0 Å². The van der Waals surface area contributed by atoms with E-state index in [-0.39, 0.29) is 5.41 Å². The Balaban J connectivity index is 3.28. The molecule has 3 nitrogen and oxygen atoms in total. The molecule has 3 heteroatoms. The van der Waals surface area contributed by atoms with Crippen LogP contribution in [0.25, 0.3) is 0 Å². The molecule has 0 bridgehead atoms.